The van der Waals surface area contributed by atoms with Crippen molar-refractivity contribution in [1.29, 1.82) is 0 Å². The zero-order valence-corrected chi connectivity index (χ0v) is 9.30. The third-order valence-electron chi connectivity index (χ3n) is 0.500. The second-order valence-electron chi connectivity index (χ2n) is 1.15. The van der Waals surface area contributed by atoms with Gasteiger partial charge in [0, 0.05) is 0 Å². The van der Waals surface area contributed by atoms with E-state index < -0.39 is 23.1 Å². The third-order valence-corrected chi connectivity index (χ3v) is 2.96. The molecule has 0 rings (SSSR count). The van der Waals surface area contributed by atoms with Gasteiger partial charge in [-0.05, 0) is 0 Å². The van der Waals surface area contributed by atoms with Gasteiger partial charge in [0.1, 0.15) is 0 Å². The standard InChI is InChI=1S/C2H5O.3CH3O.Zr/c1-2-3;3*1-2;/h2H2,1H3;3*1H3;/q4*-1;+4. The SMILES string of the molecule is CC[O-].C[O][Zr+]([O]C)[O]C. The Morgan fingerprint density at radius 2 is 1.30 bits per heavy atom. The third kappa shape index (κ3) is 11.5. The molecule has 0 N–H and O–H groups in total. The quantitative estimate of drug-likeness (QED) is 0.664. The fraction of sp³-hybridized carbons (Fsp3) is 1.00. The van der Waals surface area contributed by atoms with Crippen LogP contribution in [0.3, 0.4) is 0 Å². The summed E-state index contributed by atoms with van der Waals surface area (Å²) >= 11 is -2.15. The second-order valence-corrected chi connectivity index (χ2v) is 5.39. The molecule has 0 saturated carbocycles. The predicted molar refractivity (Wildman–Crippen MR) is 31.6 cm³/mol. The van der Waals surface area contributed by atoms with Gasteiger partial charge in [-0.3, -0.25) is 0 Å². The van der Waals surface area contributed by atoms with Gasteiger partial charge in [0.05, 0.1) is 0 Å². The van der Waals surface area contributed by atoms with Crippen LogP contribution in [0.1, 0.15) is 6.92 Å². The zero-order valence-electron chi connectivity index (χ0n) is 6.84. The Hall–Kier alpha value is 0.723. The normalized spacial score (nSPS) is 8.10. The molecule has 0 aliphatic carbocycles. The molecule has 0 unspecified atom stereocenters. The van der Waals surface area contributed by atoms with Gasteiger partial charge in [-0.15, -0.1) is 6.61 Å². The first-order valence-electron chi connectivity index (χ1n) is 2.83. The van der Waals surface area contributed by atoms with Crippen LogP contribution in [0.2, 0.25) is 0 Å². The van der Waals surface area contributed by atoms with E-state index in [1.165, 1.54) is 0 Å². The van der Waals surface area contributed by atoms with Crippen molar-refractivity contribution < 1.29 is 36.6 Å². The first kappa shape index (κ1) is 13.3. The van der Waals surface area contributed by atoms with Crippen LogP contribution in [0.25, 0.3) is 0 Å². The van der Waals surface area contributed by atoms with Crippen molar-refractivity contribution in [3.05, 3.63) is 0 Å². The van der Waals surface area contributed by atoms with Crippen LogP contribution in [-0.4, -0.2) is 27.9 Å². The van der Waals surface area contributed by atoms with E-state index in [-0.39, 0.29) is 6.61 Å². The van der Waals surface area contributed by atoms with Crippen molar-refractivity contribution in [2.24, 2.45) is 0 Å². The number of rotatable bonds is 3. The van der Waals surface area contributed by atoms with Crippen LogP contribution in [0.5, 0.6) is 0 Å². The Bertz CT molecular complexity index is 43.4. The topological polar surface area (TPSA) is 50.8 Å². The van der Waals surface area contributed by atoms with Crippen LogP contribution in [0.4, 0.5) is 0 Å². The van der Waals surface area contributed by atoms with E-state index in [2.05, 4.69) is 0 Å². The molecule has 62 valence electrons. The predicted octanol–water partition coefficient (Wildman–Crippen LogP) is -0.345. The Labute approximate surface area is 71.6 Å². The minimum atomic E-state index is -2.15. The summed E-state index contributed by atoms with van der Waals surface area (Å²) in [5.41, 5.74) is 0. The minimum absolute atomic E-state index is 0. The van der Waals surface area contributed by atoms with E-state index in [0.29, 0.717) is 0 Å². The monoisotopic (exact) mass is 228 g/mol. The summed E-state index contributed by atoms with van der Waals surface area (Å²) in [5.74, 6) is 0. The summed E-state index contributed by atoms with van der Waals surface area (Å²) in [7, 11) is 4.80. The van der Waals surface area contributed by atoms with E-state index >= 15 is 0 Å². The molecule has 5 heteroatoms. The van der Waals surface area contributed by atoms with Gasteiger partial charge in [-0.25, -0.2) is 0 Å². The van der Waals surface area contributed by atoms with Gasteiger partial charge >= 0.3 is 52.8 Å². The summed E-state index contributed by atoms with van der Waals surface area (Å²) in [6, 6.07) is 0. The Morgan fingerprint density at radius 3 is 1.30 bits per heavy atom. The van der Waals surface area contributed by atoms with Crippen molar-refractivity contribution in [3.63, 3.8) is 0 Å². The van der Waals surface area contributed by atoms with E-state index in [1.54, 1.807) is 28.3 Å². The Balaban J connectivity index is 0. The average Bonchev–Trinajstić information content (AvgIpc) is 1.93. The molecule has 0 aliphatic heterocycles. The molecule has 0 atom stereocenters. The number of hydrogen-bond acceptors (Lipinski definition) is 4. The molecule has 0 fully saturated rings. The molecule has 0 amide bonds. The fourth-order valence-corrected chi connectivity index (χ4v) is 1.48. The molecule has 0 aliphatic rings. The number of hydrogen-bond donors (Lipinski definition) is 0. The molecule has 0 radical (unpaired) electrons. The molecule has 0 aromatic carbocycles. The van der Waals surface area contributed by atoms with E-state index in [9.17, 15) is 0 Å². The first-order valence-corrected chi connectivity index (χ1v) is 5.84. The first-order chi connectivity index (χ1) is 4.76. The molecule has 0 bridgehead atoms. The summed E-state index contributed by atoms with van der Waals surface area (Å²) in [4.78, 5) is 0. The van der Waals surface area contributed by atoms with Crippen molar-refractivity contribution in [2.75, 3.05) is 27.9 Å². The van der Waals surface area contributed by atoms with Gasteiger partial charge in [-0.2, -0.15) is 0 Å². The molecule has 0 saturated heterocycles. The van der Waals surface area contributed by atoms with Crippen molar-refractivity contribution in [2.45, 2.75) is 6.92 Å². The molecular weight excluding hydrogens is 215 g/mol. The van der Waals surface area contributed by atoms with Gasteiger partial charge in [0.2, 0.25) is 0 Å². The molecular formula is C5H14O4Zr. The molecule has 0 heterocycles. The summed E-state index contributed by atoms with van der Waals surface area (Å²) in [5, 5.41) is 8.93. The summed E-state index contributed by atoms with van der Waals surface area (Å²) < 4.78 is 14.4. The van der Waals surface area contributed by atoms with Gasteiger partial charge in [-0.1, -0.05) is 6.92 Å². The van der Waals surface area contributed by atoms with Crippen LogP contribution in [0.15, 0.2) is 0 Å². The van der Waals surface area contributed by atoms with Gasteiger partial charge in [0.25, 0.3) is 0 Å². The van der Waals surface area contributed by atoms with Gasteiger partial charge in [0.15, 0.2) is 0 Å². The molecule has 0 aromatic heterocycles. The van der Waals surface area contributed by atoms with Crippen LogP contribution >= 0.6 is 0 Å². The van der Waals surface area contributed by atoms with Crippen LogP contribution < -0.4 is 5.11 Å². The van der Waals surface area contributed by atoms with Crippen LogP contribution in [0, 0.1) is 0 Å². The Morgan fingerprint density at radius 1 is 1.10 bits per heavy atom. The maximum absolute atomic E-state index is 8.93. The van der Waals surface area contributed by atoms with Crippen molar-refractivity contribution >= 4 is 0 Å². The zero-order chi connectivity index (χ0) is 8.41. The molecule has 4 nitrogen and oxygen atoms in total. The van der Waals surface area contributed by atoms with E-state index in [4.69, 9.17) is 13.5 Å². The maximum atomic E-state index is 8.93. The van der Waals surface area contributed by atoms with E-state index in [0.717, 1.165) is 0 Å². The summed E-state index contributed by atoms with van der Waals surface area (Å²) in [6.07, 6.45) is 0. The Kier molecular flexibility index (Phi) is 16.5. The van der Waals surface area contributed by atoms with Gasteiger partial charge < -0.3 is 5.11 Å². The summed E-state index contributed by atoms with van der Waals surface area (Å²) in [6.45, 7) is 1.57. The molecule has 0 aromatic rings. The second kappa shape index (κ2) is 12.4. The molecule has 0 spiro atoms. The molecule has 10 heavy (non-hydrogen) atoms. The van der Waals surface area contributed by atoms with Crippen LogP contribution in [-0.2, 0) is 31.5 Å². The van der Waals surface area contributed by atoms with Crippen molar-refractivity contribution in [3.8, 4) is 0 Å². The fourth-order valence-electron chi connectivity index (χ4n) is 0.250. The van der Waals surface area contributed by atoms with E-state index in [1.807, 2.05) is 0 Å². The van der Waals surface area contributed by atoms with Crippen molar-refractivity contribution in [1.82, 2.24) is 0 Å². The average molecular weight is 229 g/mol.